The fraction of sp³-hybridized carbons (Fsp3) is 0.533. The van der Waals surface area contributed by atoms with Gasteiger partial charge in [-0.1, -0.05) is 15.9 Å². The van der Waals surface area contributed by atoms with Crippen LogP contribution in [0.4, 0.5) is 0 Å². The van der Waals surface area contributed by atoms with Crippen molar-refractivity contribution in [2.24, 2.45) is 0 Å². The fourth-order valence-electron chi connectivity index (χ4n) is 2.06. The number of carbonyl (C=O) groups excluding carboxylic acids is 1. The predicted molar refractivity (Wildman–Crippen MR) is 92.2 cm³/mol. The van der Waals surface area contributed by atoms with E-state index in [0.29, 0.717) is 12.2 Å². The highest BCUT2D eigenvalue weighted by Gasteiger charge is 2.12. The number of nitrogens with zero attached hydrogens (tertiary/aromatic N) is 1. The van der Waals surface area contributed by atoms with Crippen LogP contribution in [0.3, 0.4) is 0 Å². The lowest BCUT2D eigenvalue weighted by molar-refractivity contribution is 0.0322. The highest BCUT2D eigenvalue weighted by atomic mass is 79.9. The van der Waals surface area contributed by atoms with Crippen LogP contribution in [0.5, 0.6) is 5.75 Å². The van der Waals surface area contributed by atoms with Gasteiger partial charge in [0, 0.05) is 25.2 Å². The van der Waals surface area contributed by atoms with Gasteiger partial charge >= 0.3 is 0 Å². The maximum absolute atomic E-state index is 11.8. The summed E-state index contributed by atoms with van der Waals surface area (Å²) in [4.78, 5) is 13.9. The van der Waals surface area contributed by atoms with E-state index in [2.05, 4.69) is 20.8 Å². The first-order valence-corrected chi connectivity index (χ1v) is 7.79. The van der Waals surface area contributed by atoms with Crippen molar-refractivity contribution in [3.63, 3.8) is 0 Å². The zero-order valence-corrected chi connectivity index (χ0v) is 15.4. The van der Waals surface area contributed by atoms with E-state index in [0.717, 1.165) is 38.6 Å². The smallest absolute Gasteiger partial charge is 0.176 e. The lowest BCUT2D eigenvalue weighted by Crippen LogP contribution is -2.38. The number of hydrogen-bond donors (Lipinski definition) is 0. The molecule has 2 rings (SSSR count). The summed E-state index contributed by atoms with van der Waals surface area (Å²) >= 11 is 3.28. The molecule has 0 aliphatic carbocycles. The number of morpholine rings is 1. The van der Waals surface area contributed by atoms with E-state index in [1.54, 1.807) is 0 Å². The van der Waals surface area contributed by atoms with Gasteiger partial charge in [0.25, 0.3) is 0 Å². The molecule has 1 aliphatic rings. The predicted octanol–water partition coefficient (Wildman–Crippen LogP) is 2.94. The first-order chi connectivity index (χ1) is 9.66. The molecule has 1 unspecified atom stereocenters. The van der Waals surface area contributed by atoms with Crippen molar-refractivity contribution in [1.82, 2.24) is 4.90 Å². The van der Waals surface area contributed by atoms with Gasteiger partial charge in [0.2, 0.25) is 0 Å². The van der Waals surface area contributed by atoms with Crippen LogP contribution in [0.1, 0.15) is 17.3 Å². The SMILES string of the molecule is Br.CC(Br)C(=O)c1ccc(OCCN2CCOCC2)cc1. The van der Waals surface area contributed by atoms with E-state index < -0.39 is 0 Å². The van der Waals surface area contributed by atoms with Gasteiger partial charge in [-0.05, 0) is 31.2 Å². The Labute approximate surface area is 144 Å². The van der Waals surface area contributed by atoms with Crippen molar-refractivity contribution in [3.8, 4) is 5.75 Å². The Bertz CT molecular complexity index is 431. The molecule has 1 aliphatic heterocycles. The average molecular weight is 423 g/mol. The Balaban J connectivity index is 0.00000220. The molecular weight excluding hydrogens is 402 g/mol. The number of rotatable bonds is 6. The first kappa shape index (κ1) is 18.6. The molecule has 0 bridgehead atoms. The Hall–Kier alpha value is -0.430. The largest absolute Gasteiger partial charge is 0.492 e. The molecule has 0 aromatic heterocycles. The Morgan fingerprint density at radius 1 is 1.33 bits per heavy atom. The molecule has 1 aromatic carbocycles. The summed E-state index contributed by atoms with van der Waals surface area (Å²) in [6.07, 6.45) is 0. The van der Waals surface area contributed by atoms with Gasteiger partial charge in [0.1, 0.15) is 12.4 Å². The lowest BCUT2D eigenvalue weighted by Gasteiger charge is -2.26. The zero-order chi connectivity index (χ0) is 14.4. The second-order valence-electron chi connectivity index (χ2n) is 4.81. The third-order valence-corrected chi connectivity index (χ3v) is 3.70. The van der Waals surface area contributed by atoms with Crippen LogP contribution in [0.25, 0.3) is 0 Å². The second-order valence-corrected chi connectivity index (χ2v) is 6.18. The molecule has 0 amide bonds. The van der Waals surface area contributed by atoms with Gasteiger partial charge in [-0.2, -0.15) is 0 Å². The van der Waals surface area contributed by atoms with E-state index in [9.17, 15) is 4.79 Å². The fourth-order valence-corrected chi connectivity index (χ4v) is 2.33. The molecular formula is C15H21Br2NO3. The van der Waals surface area contributed by atoms with Crippen LogP contribution >= 0.6 is 32.9 Å². The van der Waals surface area contributed by atoms with Crippen molar-refractivity contribution in [2.45, 2.75) is 11.8 Å². The minimum absolute atomic E-state index is 0. The van der Waals surface area contributed by atoms with Crippen molar-refractivity contribution in [3.05, 3.63) is 29.8 Å². The molecule has 21 heavy (non-hydrogen) atoms. The maximum atomic E-state index is 11.8. The highest BCUT2D eigenvalue weighted by molar-refractivity contribution is 9.10. The van der Waals surface area contributed by atoms with Gasteiger partial charge in [0.15, 0.2) is 5.78 Å². The summed E-state index contributed by atoms with van der Waals surface area (Å²) in [7, 11) is 0. The van der Waals surface area contributed by atoms with Gasteiger partial charge in [-0.25, -0.2) is 0 Å². The Morgan fingerprint density at radius 2 is 1.95 bits per heavy atom. The molecule has 1 atom stereocenters. The number of ketones is 1. The Kier molecular flexibility index (Phi) is 8.48. The zero-order valence-electron chi connectivity index (χ0n) is 12.1. The molecule has 1 aromatic rings. The molecule has 0 N–H and O–H groups in total. The number of hydrogen-bond acceptors (Lipinski definition) is 4. The van der Waals surface area contributed by atoms with Crippen LogP contribution in [-0.2, 0) is 4.74 Å². The lowest BCUT2D eigenvalue weighted by atomic mass is 10.1. The molecule has 4 nitrogen and oxygen atoms in total. The van der Waals surface area contributed by atoms with Crippen molar-refractivity contribution >= 4 is 38.7 Å². The molecule has 6 heteroatoms. The van der Waals surface area contributed by atoms with Gasteiger partial charge < -0.3 is 9.47 Å². The third kappa shape index (κ3) is 6.06. The van der Waals surface area contributed by atoms with Crippen LogP contribution < -0.4 is 4.74 Å². The number of carbonyl (C=O) groups is 1. The van der Waals surface area contributed by atoms with Crippen LogP contribution in [0.15, 0.2) is 24.3 Å². The summed E-state index contributed by atoms with van der Waals surface area (Å²) in [5.41, 5.74) is 0.704. The summed E-state index contributed by atoms with van der Waals surface area (Å²) in [5.74, 6) is 0.891. The van der Waals surface area contributed by atoms with Crippen LogP contribution in [0, 0.1) is 0 Å². The molecule has 1 heterocycles. The van der Waals surface area contributed by atoms with Gasteiger partial charge in [0.05, 0.1) is 18.0 Å². The molecule has 0 saturated carbocycles. The molecule has 118 valence electrons. The first-order valence-electron chi connectivity index (χ1n) is 6.88. The highest BCUT2D eigenvalue weighted by Crippen LogP contribution is 2.15. The van der Waals surface area contributed by atoms with E-state index in [1.807, 2.05) is 31.2 Å². The number of Topliss-reactive ketones (excluding diaryl/α,β-unsaturated/α-hetero) is 1. The number of benzene rings is 1. The topological polar surface area (TPSA) is 38.8 Å². The number of halogens is 2. The average Bonchev–Trinajstić information content (AvgIpc) is 2.48. The summed E-state index contributed by atoms with van der Waals surface area (Å²) < 4.78 is 11.0. The minimum Gasteiger partial charge on any atom is -0.492 e. The van der Waals surface area contributed by atoms with E-state index in [4.69, 9.17) is 9.47 Å². The van der Waals surface area contributed by atoms with Crippen molar-refractivity contribution in [1.29, 1.82) is 0 Å². The van der Waals surface area contributed by atoms with E-state index >= 15 is 0 Å². The molecule has 0 radical (unpaired) electrons. The van der Waals surface area contributed by atoms with Crippen molar-refractivity contribution in [2.75, 3.05) is 39.5 Å². The van der Waals surface area contributed by atoms with E-state index in [-0.39, 0.29) is 27.6 Å². The normalized spacial score (nSPS) is 16.9. The molecule has 1 fully saturated rings. The number of alkyl halides is 1. The number of ether oxygens (including phenoxy) is 2. The third-order valence-electron chi connectivity index (χ3n) is 3.28. The summed E-state index contributed by atoms with van der Waals surface area (Å²) in [6, 6.07) is 7.32. The van der Waals surface area contributed by atoms with Gasteiger partial charge in [-0.3, -0.25) is 9.69 Å². The quantitative estimate of drug-likeness (QED) is 0.521. The minimum atomic E-state index is -0.157. The molecule has 1 saturated heterocycles. The molecule has 0 spiro atoms. The van der Waals surface area contributed by atoms with E-state index in [1.165, 1.54) is 0 Å². The summed E-state index contributed by atoms with van der Waals surface area (Å²) in [5, 5.41) is 0. The van der Waals surface area contributed by atoms with Crippen LogP contribution in [-0.4, -0.2) is 55.0 Å². The van der Waals surface area contributed by atoms with Crippen LogP contribution in [0.2, 0.25) is 0 Å². The maximum Gasteiger partial charge on any atom is 0.176 e. The monoisotopic (exact) mass is 421 g/mol. The standard InChI is InChI=1S/C15H20BrNO3.BrH/c1-12(16)15(18)13-2-4-14(5-3-13)20-11-8-17-6-9-19-10-7-17;/h2-5,12H,6-11H2,1H3;1H. The van der Waals surface area contributed by atoms with Crippen molar-refractivity contribution < 1.29 is 14.3 Å². The Morgan fingerprint density at radius 3 is 2.52 bits per heavy atom. The summed E-state index contributed by atoms with van der Waals surface area (Å²) in [6.45, 7) is 6.95. The second kappa shape index (κ2) is 9.56. The van der Waals surface area contributed by atoms with Gasteiger partial charge in [-0.15, -0.1) is 17.0 Å².